The molecule has 0 amide bonds. The van der Waals surface area contributed by atoms with Gasteiger partial charge in [-0.3, -0.25) is 4.57 Å². The number of rotatable bonds is 3. The van der Waals surface area contributed by atoms with Crippen LogP contribution in [0, 0.1) is 6.92 Å². The number of imidazole rings is 1. The molecule has 0 saturated carbocycles. The van der Waals surface area contributed by atoms with E-state index in [9.17, 15) is 0 Å². The van der Waals surface area contributed by atoms with Crippen molar-refractivity contribution in [2.24, 2.45) is 0 Å². The maximum absolute atomic E-state index is 5.98. The van der Waals surface area contributed by atoms with Gasteiger partial charge >= 0.3 is 0 Å². The second-order valence-electron chi connectivity index (χ2n) is 4.30. The summed E-state index contributed by atoms with van der Waals surface area (Å²) in [6.45, 7) is 2.84. The van der Waals surface area contributed by atoms with Crippen molar-refractivity contribution in [3.8, 4) is 0 Å². The van der Waals surface area contributed by atoms with E-state index in [1.165, 1.54) is 5.56 Å². The highest BCUT2D eigenvalue weighted by atomic mass is 32.1. The standard InChI is InChI=1S/C13H14N4S/c1-9-2-5-15-12-11(9)16-13(14)17(12)6-3-10-4-7-18-8-10/h2,4-5,7-8H,3,6H2,1H3,(H2,14,16). The molecule has 18 heavy (non-hydrogen) atoms. The summed E-state index contributed by atoms with van der Waals surface area (Å²) in [7, 11) is 0. The first kappa shape index (κ1) is 11.2. The first-order valence-electron chi connectivity index (χ1n) is 5.84. The van der Waals surface area contributed by atoms with Crippen molar-refractivity contribution in [2.75, 3.05) is 5.73 Å². The van der Waals surface area contributed by atoms with Crippen molar-refractivity contribution in [1.82, 2.24) is 14.5 Å². The van der Waals surface area contributed by atoms with Gasteiger partial charge in [0.1, 0.15) is 5.52 Å². The Hall–Kier alpha value is -1.88. The van der Waals surface area contributed by atoms with Crippen LogP contribution in [0.5, 0.6) is 0 Å². The molecular formula is C13H14N4S. The van der Waals surface area contributed by atoms with Gasteiger partial charge in [0.25, 0.3) is 0 Å². The van der Waals surface area contributed by atoms with Gasteiger partial charge in [-0.05, 0) is 47.4 Å². The van der Waals surface area contributed by atoms with E-state index in [-0.39, 0.29) is 0 Å². The lowest BCUT2D eigenvalue weighted by molar-refractivity contribution is 0.721. The van der Waals surface area contributed by atoms with E-state index in [1.807, 2.05) is 17.6 Å². The Labute approximate surface area is 109 Å². The molecule has 3 aromatic heterocycles. The van der Waals surface area contributed by atoms with Gasteiger partial charge in [0.05, 0.1) is 0 Å². The molecule has 5 heteroatoms. The molecule has 3 rings (SSSR count). The molecule has 2 N–H and O–H groups in total. The van der Waals surface area contributed by atoms with Crippen molar-refractivity contribution >= 4 is 28.4 Å². The third kappa shape index (κ3) is 1.86. The summed E-state index contributed by atoms with van der Waals surface area (Å²) in [5.74, 6) is 0.544. The zero-order valence-electron chi connectivity index (χ0n) is 10.1. The molecule has 3 aromatic rings. The van der Waals surface area contributed by atoms with Crippen LogP contribution in [0.4, 0.5) is 5.95 Å². The first-order chi connectivity index (χ1) is 8.75. The molecule has 0 bridgehead atoms. The summed E-state index contributed by atoms with van der Waals surface area (Å²) in [6.07, 6.45) is 2.76. The van der Waals surface area contributed by atoms with Crippen LogP contribution in [0.15, 0.2) is 29.1 Å². The first-order valence-corrected chi connectivity index (χ1v) is 6.78. The van der Waals surface area contributed by atoms with Crippen molar-refractivity contribution < 1.29 is 0 Å². The average Bonchev–Trinajstić information content (AvgIpc) is 2.95. The van der Waals surface area contributed by atoms with Crippen LogP contribution in [0.25, 0.3) is 11.2 Å². The average molecular weight is 258 g/mol. The monoisotopic (exact) mass is 258 g/mol. The number of nitrogens with two attached hydrogens (primary N) is 1. The Morgan fingerprint density at radius 3 is 3.06 bits per heavy atom. The van der Waals surface area contributed by atoms with Gasteiger partial charge in [-0.2, -0.15) is 11.3 Å². The number of nitrogen functional groups attached to an aromatic ring is 1. The number of pyridine rings is 1. The fourth-order valence-corrected chi connectivity index (χ4v) is 2.75. The molecule has 3 heterocycles. The number of anilines is 1. The summed E-state index contributed by atoms with van der Waals surface area (Å²) >= 11 is 1.72. The zero-order chi connectivity index (χ0) is 12.5. The minimum absolute atomic E-state index is 0.544. The Morgan fingerprint density at radius 1 is 1.39 bits per heavy atom. The van der Waals surface area contributed by atoms with Gasteiger partial charge in [-0.25, -0.2) is 9.97 Å². The lowest BCUT2D eigenvalue weighted by Gasteiger charge is -2.04. The minimum atomic E-state index is 0.544. The van der Waals surface area contributed by atoms with E-state index in [0.29, 0.717) is 5.95 Å². The van der Waals surface area contributed by atoms with E-state index in [4.69, 9.17) is 5.73 Å². The number of hydrogen-bond donors (Lipinski definition) is 1. The molecule has 4 nitrogen and oxygen atoms in total. The van der Waals surface area contributed by atoms with Crippen LogP contribution >= 0.6 is 11.3 Å². The quantitative estimate of drug-likeness (QED) is 0.785. The van der Waals surface area contributed by atoms with E-state index < -0.39 is 0 Å². The predicted molar refractivity (Wildman–Crippen MR) is 74.7 cm³/mol. The van der Waals surface area contributed by atoms with Crippen molar-refractivity contribution in [3.63, 3.8) is 0 Å². The zero-order valence-corrected chi connectivity index (χ0v) is 10.9. The Morgan fingerprint density at radius 2 is 2.28 bits per heavy atom. The maximum atomic E-state index is 5.98. The molecule has 92 valence electrons. The van der Waals surface area contributed by atoms with Crippen LogP contribution in [0.2, 0.25) is 0 Å². The summed E-state index contributed by atoms with van der Waals surface area (Å²) in [5, 5.41) is 4.25. The fourth-order valence-electron chi connectivity index (χ4n) is 2.05. The Kier molecular flexibility index (Phi) is 2.76. The molecule has 0 saturated heterocycles. The van der Waals surface area contributed by atoms with Crippen LogP contribution < -0.4 is 5.73 Å². The lowest BCUT2D eigenvalue weighted by atomic mass is 10.2. The Balaban J connectivity index is 1.96. The lowest BCUT2D eigenvalue weighted by Crippen LogP contribution is -2.06. The molecule has 0 aliphatic carbocycles. The topological polar surface area (TPSA) is 56.7 Å². The highest BCUT2D eigenvalue weighted by Crippen LogP contribution is 2.19. The molecule has 0 unspecified atom stereocenters. The third-order valence-corrected chi connectivity index (χ3v) is 3.80. The van der Waals surface area contributed by atoms with Gasteiger partial charge in [-0.1, -0.05) is 0 Å². The van der Waals surface area contributed by atoms with Crippen molar-refractivity contribution in [2.45, 2.75) is 19.9 Å². The molecule has 0 spiro atoms. The Bertz CT molecular complexity index is 670. The summed E-state index contributed by atoms with van der Waals surface area (Å²) in [5.41, 5.74) is 10.2. The number of aryl methyl sites for hydroxylation is 3. The van der Waals surface area contributed by atoms with Crippen LogP contribution in [0.1, 0.15) is 11.1 Å². The molecule has 0 radical (unpaired) electrons. The van der Waals surface area contributed by atoms with Gasteiger partial charge in [0.2, 0.25) is 5.95 Å². The highest BCUT2D eigenvalue weighted by Gasteiger charge is 2.10. The van der Waals surface area contributed by atoms with Crippen LogP contribution in [0.3, 0.4) is 0 Å². The number of aromatic nitrogens is 3. The number of thiophene rings is 1. The van der Waals surface area contributed by atoms with E-state index in [2.05, 4.69) is 26.8 Å². The number of fused-ring (bicyclic) bond motifs is 1. The smallest absolute Gasteiger partial charge is 0.202 e. The summed E-state index contributed by atoms with van der Waals surface area (Å²) < 4.78 is 1.99. The van der Waals surface area contributed by atoms with Crippen molar-refractivity contribution in [1.29, 1.82) is 0 Å². The molecule has 0 aromatic carbocycles. The second-order valence-corrected chi connectivity index (χ2v) is 5.08. The summed E-state index contributed by atoms with van der Waals surface area (Å²) in [6, 6.07) is 4.09. The molecule has 0 aliphatic heterocycles. The maximum Gasteiger partial charge on any atom is 0.202 e. The second kappa shape index (κ2) is 4.42. The van der Waals surface area contributed by atoms with Gasteiger partial charge in [-0.15, -0.1) is 0 Å². The molecule has 0 aliphatic rings. The number of nitrogens with zero attached hydrogens (tertiary/aromatic N) is 3. The van der Waals surface area contributed by atoms with Crippen LogP contribution in [-0.4, -0.2) is 14.5 Å². The number of hydrogen-bond acceptors (Lipinski definition) is 4. The predicted octanol–water partition coefficient (Wildman–Crippen LogP) is 2.63. The largest absolute Gasteiger partial charge is 0.369 e. The molecule has 0 fully saturated rings. The molecule has 0 atom stereocenters. The highest BCUT2D eigenvalue weighted by molar-refractivity contribution is 7.07. The van der Waals surface area contributed by atoms with E-state index in [0.717, 1.165) is 29.7 Å². The summed E-state index contributed by atoms with van der Waals surface area (Å²) in [4.78, 5) is 8.78. The van der Waals surface area contributed by atoms with Gasteiger partial charge in [0, 0.05) is 12.7 Å². The third-order valence-electron chi connectivity index (χ3n) is 3.07. The van der Waals surface area contributed by atoms with Gasteiger partial charge in [0.15, 0.2) is 5.65 Å². The van der Waals surface area contributed by atoms with Gasteiger partial charge < -0.3 is 5.73 Å². The van der Waals surface area contributed by atoms with E-state index >= 15 is 0 Å². The minimum Gasteiger partial charge on any atom is -0.369 e. The fraction of sp³-hybridized carbons (Fsp3) is 0.231. The van der Waals surface area contributed by atoms with Crippen molar-refractivity contribution in [3.05, 3.63) is 40.2 Å². The normalized spacial score (nSPS) is 11.2. The molecular weight excluding hydrogens is 244 g/mol. The SMILES string of the molecule is Cc1ccnc2c1nc(N)n2CCc1ccsc1. The van der Waals surface area contributed by atoms with E-state index in [1.54, 1.807) is 17.5 Å². The van der Waals surface area contributed by atoms with Crippen LogP contribution in [-0.2, 0) is 13.0 Å².